The van der Waals surface area contributed by atoms with Crippen LogP contribution >= 0.6 is 0 Å². The zero-order valence-electron chi connectivity index (χ0n) is 13.7. The van der Waals surface area contributed by atoms with Gasteiger partial charge in [0.05, 0.1) is 18.4 Å². The van der Waals surface area contributed by atoms with Crippen LogP contribution in [0.5, 0.6) is 0 Å². The van der Waals surface area contributed by atoms with Gasteiger partial charge < -0.3 is 4.52 Å². The van der Waals surface area contributed by atoms with Crippen molar-refractivity contribution in [2.24, 2.45) is 0 Å². The topological polar surface area (TPSA) is 67.4 Å². The van der Waals surface area contributed by atoms with Gasteiger partial charge in [0.1, 0.15) is 5.76 Å². The lowest BCUT2D eigenvalue weighted by molar-refractivity contribution is 0.122. The Bertz CT molecular complexity index is 700. The quantitative estimate of drug-likeness (QED) is 0.807. The molecule has 0 spiro atoms. The van der Waals surface area contributed by atoms with Crippen molar-refractivity contribution in [1.82, 2.24) is 24.7 Å². The molecule has 3 rings (SSSR count). The summed E-state index contributed by atoms with van der Waals surface area (Å²) in [5.74, 6) is 0.900. The maximum Gasteiger partial charge on any atom is 0.266 e. The zero-order valence-corrected chi connectivity index (χ0v) is 13.7. The Kier molecular flexibility index (Phi) is 4.88. The lowest BCUT2D eigenvalue weighted by Gasteiger charge is -2.34. The molecule has 0 radical (unpaired) electrons. The third-order valence-electron chi connectivity index (χ3n) is 4.34. The maximum absolute atomic E-state index is 11.8. The Balaban J connectivity index is 1.47. The molecule has 0 N–H and O–H groups in total. The SMILES string of the molecule is Cc1ccc(=O)n(CCN2CCN(Cc3cnoc3C)CC2)n1. The summed E-state index contributed by atoms with van der Waals surface area (Å²) >= 11 is 0. The van der Waals surface area contributed by atoms with Gasteiger partial charge >= 0.3 is 0 Å². The molecule has 1 aliphatic heterocycles. The molecule has 0 aliphatic carbocycles. The summed E-state index contributed by atoms with van der Waals surface area (Å²) in [6.45, 7) is 10.3. The number of hydrogen-bond acceptors (Lipinski definition) is 6. The summed E-state index contributed by atoms with van der Waals surface area (Å²) < 4.78 is 6.67. The van der Waals surface area contributed by atoms with Crippen LogP contribution in [0.15, 0.2) is 27.6 Å². The van der Waals surface area contributed by atoms with E-state index in [4.69, 9.17) is 4.52 Å². The number of nitrogens with zero attached hydrogens (tertiary/aromatic N) is 5. The minimum atomic E-state index is -0.0304. The van der Waals surface area contributed by atoms with E-state index in [1.165, 1.54) is 0 Å². The summed E-state index contributed by atoms with van der Waals surface area (Å²) in [6.07, 6.45) is 1.80. The van der Waals surface area contributed by atoms with E-state index in [1.807, 2.05) is 13.8 Å². The highest BCUT2D eigenvalue weighted by atomic mass is 16.5. The fraction of sp³-hybridized carbons (Fsp3) is 0.562. The van der Waals surface area contributed by atoms with Gasteiger partial charge in [-0.05, 0) is 19.9 Å². The summed E-state index contributed by atoms with van der Waals surface area (Å²) in [4.78, 5) is 16.6. The van der Waals surface area contributed by atoms with E-state index in [2.05, 4.69) is 20.1 Å². The Hall–Kier alpha value is -1.99. The van der Waals surface area contributed by atoms with Crippen LogP contribution < -0.4 is 5.56 Å². The van der Waals surface area contributed by atoms with Crippen LogP contribution in [0.4, 0.5) is 0 Å². The molecule has 0 unspecified atom stereocenters. The van der Waals surface area contributed by atoms with Gasteiger partial charge in [-0.25, -0.2) is 4.68 Å². The van der Waals surface area contributed by atoms with Crippen LogP contribution in [-0.2, 0) is 13.1 Å². The molecular formula is C16H23N5O2. The van der Waals surface area contributed by atoms with Crippen LogP contribution in [0.1, 0.15) is 17.0 Å². The van der Waals surface area contributed by atoms with E-state index in [0.29, 0.717) is 6.54 Å². The van der Waals surface area contributed by atoms with E-state index in [9.17, 15) is 4.79 Å². The Morgan fingerprint density at radius 1 is 1.09 bits per heavy atom. The first-order valence-corrected chi connectivity index (χ1v) is 8.01. The minimum Gasteiger partial charge on any atom is -0.361 e. The fourth-order valence-electron chi connectivity index (χ4n) is 2.83. The van der Waals surface area contributed by atoms with Crippen molar-refractivity contribution in [3.8, 4) is 0 Å². The summed E-state index contributed by atoms with van der Waals surface area (Å²) in [7, 11) is 0. The first-order chi connectivity index (χ1) is 11.1. The first-order valence-electron chi connectivity index (χ1n) is 8.01. The van der Waals surface area contributed by atoms with Crippen molar-refractivity contribution in [2.45, 2.75) is 26.9 Å². The van der Waals surface area contributed by atoms with E-state index < -0.39 is 0 Å². The molecular weight excluding hydrogens is 294 g/mol. The smallest absolute Gasteiger partial charge is 0.266 e. The fourth-order valence-corrected chi connectivity index (χ4v) is 2.83. The average Bonchev–Trinajstić information content (AvgIpc) is 2.95. The molecule has 23 heavy (non-hydrogen) atoms. The molecule has 7 heteroatoms. The van der Waals surface area contributed by atoms with Gasteiger partial charge in [-0.1, -0.05) is 5.16 Å². The third-order valence-corrected chi connectivity index (χ3v) is 4.34. The van der Waals surface area contributed by atoms with Crippen molar-refractivity contribution >= 4 is 0 Å². The molecule has 124 valence electrons. The third kappa shape index (κ3) is 4.05. The van der Waals surface area contributed by atoms with Crippen molar-refractivity contribution in [2.75, 3.05) is 32.7 Å². The number of aryl methyl sites for hydroxylation is 2. The Morgan fingerprint density at radius 2 is 1.83 bits per heavy atom. The first kappa shape index (κ1) is 15.9. The summed E-state index contributed by atoms with van der Waals surface area (Å²) in [6, 6.07) is 3.34. The Labute approximate surface area is 135 Å². The van der Waals surface area contributed by atoms with E-state index in [0.717, 1.165) is 56.3 Å². The van der Waals surface area contributed by atoms with Crippen molar-refractivity contribution in [1.29, 1.82) is 0 Å². The van der Waals surface area contributed by atoms with Crippen molar-refractivity contribution in [3.63, 3.8) is 0 Å². The number of hydrogen-bond donors (Lipinski definition) is 0. The van der Waals surface area contributed by atoms with Gasteiger partial charge in [0.25, 0.3) is 5.56 Å². The van der Waals surface area contributed by atoms with E-state index in [1.54, 1.807) is 23.0 Å². The molecule has 1 fully saturated rings. The molecule has 2 aromatic heterocycles. The molecule has 1 saturated heterocycles. The van der Waals surface area contributed by atoms with Crippen LogP contribution in [0, 0.1) is 13.8 Å². The van der Waals surface area contributed by atoms with Crippen LogP contribution in [0.25, 0.3) is 0 Å². The second-order valence-corrected chi connectivity index (χ2v) is 6.06. The molecule has 3 heterocycles. The van der Waals surface area contributed by atoms with Gasteiger partial charge in [0.2, 0.25) is 0 Å². The highest BCUT2D eigenvalue weighted by Gasteiger charge is 2.18. The molecule has 2 aromatic rings. The molecule has 0 saturated carbocycles. The van der Waals surface area contributed by atoms with Crippen molar-refractivity contribution < 1.29 is 4.52 Å². The normalized spacial score (nSPS) is 16.8. The van der Waals surface area contributed by atoms with Gasteiger partial charge in [-0.15, -0.1) is 0 Å². The monoisotopic (exact) mass is 317 g/mol. The lowest BCUT2D eigenvalue weighted by atomic mass is 10.2. The van der Waals surface area contributed by atoms with Gasteiger partial charge in [-0.2, -0.15) is 5.10 Å². The van der Waals surface area contributed by atoms with Crippen molar-refractivity contribution in [3.05, 3.63) is 45.7 Å². The van der Waals surface area contributed by atoms with Gasteiger partial charge in [0.15, 0.2) is 0 Å². The molecule has 0 amide bonds. The predicted molar refractivity (Wildman–Crippen MR) is 86.2 cm³/mol. The summed E-state index contributed by atoms with van der Waals surface area (Å²) in [5, 5.41) is 8.11. The largest absolute Gasteiger partial charge is 0.361 e. The van der Waals surface area contributed by atoms with E-state index in [-0.39, 0.29) is 5.56 Å². The van der Waals surface area contributed by atoms with E-state index >= 15 is 0 Å². The zero-order chi connectivity index (χ0) is 16.2. The molecule has 0 atom stereocenters. The molecule has 0 aromatic carbocycles. The second kappa shape index (κ2) is 7.06. The number of piperazine rings is 1. The highest BCUT2D eigenvalue weighted by molar-refractivity contribution is 5.11. The highest BCUT2D eigenvalue weighted by Crippen LogP contribution is 2.11. The second-order valence-electron chi connectivity index (χ2n) is 6.06. The minimum absolute atomic E-state index is 0.0304. The summed E-state index contributed by atoms with van der Waals surface area (Å²) in [5.41, 5.74) is 2.00. The predicted octanol–water partition coefficient (Wildman–Crippen LogP) is 0.666. The average molecular weight is 317 g/mol. The maximum atomic E-state index is 11.8. The van der Waals surface area contributed by atoms with Crippen LogP contribution in [0.3, 0.4) is 0 Å². The molecule has 7 nitrogen and oxygen atoms in total. The Morgan fingerprint density at radius 3 is 2.52 bits per heavy atom. The number of aromatic nitrogens is 3. The number of rotatable bonds is 5. The van der Waals surface area contributed by atoms with Gasteiger partial charge in [-0.3, -0.25) is 14.6 Å². The molecule has 1 aliphatic rings. The van der Waals surface area contributed by atoms with Gasteiger partial charge in [0, 0.05) is 50.9 Å². The molecule has 0 bridgehead atoms. The standard InChI is InChI=1S/C16H23N5O2/c1-13-3-4-16(22)21(18-13)10-9-19-5-7-20(8-6-19)12-15-11-17-23-14(15)2/h3-4,11H,5-10,12H2,1-2H3. The van der Waals surface area contributed by atoms with Crippen LogP contribution in [0.2, 0.25) is 0 Å². The van der Waals surface area contributed by atoms with Crippen LogP contribution in [-0.4, -0.2) is 57.5 Å². The lowest BCUT2D eigenvalue weighted by Crippen LogP contribution is -2.47.